The molecule has 3 heteroatoms. The Morgan fingerprint density at radius 3 is 2.61 bits per heavy atom. The fourth-order valence-corrected chi connectivity index (χ4v) is 1.71. The number of guanidine groups is 1. The molecule has 3 nitrogen and oxygen atoms in total. The van der Waals surface area contributed by atoms with Crippen molar-refractivity contribution >= 4 is 11.6 Å². The summed E-state index contributed by atoms with van der Waals surface area (Å²) in [5, 5.41) is 3.13. The van der Waals surface area contributed by atoms with E-state index in [0.717, 1.165) is 24.6 Å². The van der Waals surface area contributed by atoms with Crippen molar-refractivity contribution in [1.29, 1.82) is 0 Å². The summed E-state index contributed by atoms with van der Waals surface area (Å²) in [6, 6.07) is 6.20. The number of nitrogens with two attached hydrogens (primary N) is 1. The molecule has 1 aromatic carbocycles. The van der Waals surface area contributed by atoms with Crippen molar-refractivity contribution < 1.29 is 0 Å². The molecule has 0 aliphatic rings. The number of benzene rings is 1. The van der Waals surface area contributed by atoms with Gasteiger partial charge in [0.2, 0.25) is 0 Å². The van der Waals surface area contributed by atoms with E-state index >= 15 is 0 Å². The largest absolute Gasteiger partial charge is 0.370 e. The second-order valence-corrected chi connectivity index (χ2v) is 5.23. The van der Waals surface area contributed by atoms with Crippen molar-refractivity contribution in [1.82, 2.24) is 0 Å². The summed E-state index contributed by atoms with van der Waals surface area (Å²) in [5.74, 6) is 1.23. The molecule has 1 aromatic rings. The zero-order valence-electron chi connectivity index (χ0n) is 12.0. The molecule has 0 radical (unpaired) electrons. The van der Waals surface area contributed by atoms with Crippen LogP contribution >= 0.6 is 0 Å². The van der Waals surface area contributed by atoms with Crippen molar-refractivity contribution in [3.63, 3.8) is 0 Å². The maximum absolute atomic E-state index is 5.85. The SMILES string of the molecule is Cc1ccc(NC(N)=NCCCC(C)C)cc1C. The smallest absolute Gasteiger partial charge is 0.193 e. The molecule has 0 spiro atoms. The van der Waals surface area contributed by atoms with E-state index < -0.39 is 0 Å². The molecule has 3 N–H and O–H groups in total. The van der Waals surface area contributed by atoms with Gasteiger partial charge in [-0.3, -0.25) is 4.99 Å². The highest BCUT2D eigenvalue weighted by atomic mass is 15.1. The minimum atomic E-state index is 0.502. The Kier molecular flexibility index (Phi) is 5.69. The monoisotopic (exact) mass is 247 g/mol. The summed E-state index contributed by atoms with van der Waals surface area (Å²) >= 11 is 0. The van der Waals surface area contributed by atoms with Gasteiger partial charge >= 0.3 is 0 Å². The third-order valence-electron chi connectivity index (χ3n) is 3.00. The summed E-state index contributed by atoms with van der Waals surface area (Å²) in [6.07, 6.45) is 2.29. The Bertz CT molecular complexity index is 408. The number of aliphatic imine (C=N–C) groups is 1. The van der Waals surface area contributed by atoms with Gasteiger partial charge in [-0.2, -0.15) is 0 Å². The van der Waals surface area contributed by atoms with Crippen LogP contribution < -0.4 is 11.1 Å². The predicted octanol–water partition coefficient (Wildman–Crippen LogP) is 3.47. The molecule has 0 atom stereocenters. The Labute approximate surface area is 111 Å². The average Bonchev–Trinajstić information content (AvgIpc) is 2.29. The van der Waals surface area contributed by atoms with Crippen molar-refractivity contribution in [2.24, 2.45) is 16.6 Å². The molecule has 18 heavy (non-hydrogen) atoms. The topological polar surface area (TPSA) is 50.4 Å². The van der Waals surface area contributed by atoms with Crippen molar-refractivity contribution in [3.8, 4) is 0 Å². The van der Waals surface area contributed by atoms with Crippen molar-refractivity contribution in [2.45, 2.75) is 40.5 Å². The molecule has 100 valence electrons. The highest BCUT2D eigenvalue weighted by molar-refractivity contribution is 5.92. The molecule has 0 unspecified atom stereocenters. The predicted molar refractivity (Wildman–Crippen MR) is 80.1 cm³/mol. The molecule has 0 fully saturated rings. The first-order valence-corrected chi connectivity index (χ1v) is 6.63. The summed E-state index contributed by atoms with van der Waals surface area (Å²) in [4.78, 5) is 4.33. The standard InChI is InChI=1S/C15H25N3/c1-11(2)6-5-9-17-15(16)18-14-8-7-12(3)13(4)10-14/h7-8,10-11H,5-6,9H2,1-4H3,(H3,16,17,18). The van der Waals surface area contributed by atoms with Crippen LogP contribution in [0.25, 0.3) is 0 Å². The lowest BCUT2D eigenvalue weighted by Crippen LogP contribution is -2.23. The van der Waals surface area contributed by atoms with Crippen LogP contribution in [0.3, 0.4) is 0 Å². The lowest BCUT2D eigenvalue weighted by atomic mass is 10.1. The van der Waals surface area contributed by atoms with Gasteiger partial charge < -0.3 is 11.1 Å². The first-order valence-electron chi connectivity index (χ1n) is 6.63. The Morgan fingerprint density at radius 2 is 2.00 bits per heavy atom. The van der Waals surface area contributed by atoms with E-state index in [1.165, 1.54) is 17.5 Å². The Morgan fingerprint density at radius 1 is 1.28 bits per heavy atom. The molecule has 0 amide bonds. The maximum atomic E-state index is 5.85. The lowest BCUT2D eigenvalue weighted by Gasteiger charge is -2.08. The minimum absolute atomic E-state index is 0.502. The van der Waals surface area contributed by atoms with Crippen LogP contribution in [0.1, 0.15) is 37.8 Å². The van der Waals surface area contributed by atoms with Crippen LogP contribution in [0.15, 0.2) is 23.2 Å². The minimum Gasteiger partial charge on any atom is -0.370 e. The molecule has 0 bridgehead atoms. The van der Waals surface area contributed by atoms with Crippen LogP contribution in [0.4, 0.5) is 5.69 Å². The molecule has 0 aromatic heterocycles. The molecule has 0 aliphatic heterocycles. The normalized spacial score (nSPS) is 11.9. The summed E-state index contributed by atoms with van der Waals surface area (Å²) in [7, 11) is 0. The van der Waals surface area contributed by atoms with Gasteiger partial charge in [0, 0.05) is 12.2 Å². The lowest BCUT2D eigenvalue weighted by molar-refractivity contribution is 0.561. The van der Waals surface area contributed by atoms with Crippen molar-refractivity contribution in [3.05, 3.63) is 29.3 Å². The summed E-state index contributed by atoms with van der Waals surface area (Å²) < 4.78 is 0. The van der Waals surface area contributed by atoms with Gasteiger partial charge in [-0.05, 0) is 55.9 Å². The molecule has 1 rings (SSSR count). The van der Waals surface area contributed by atoms with Gasteiger partial charge in [-0.1, -0.05) is 19.9 Å². The van der Waals surface area contributed by atoms with Crippen LogP contribution in [0.2, 0.25) is 0 Å². The third-order valence-corrected chi connectivity index (χ3v) is 3.00. The summed E-state index contributed by atoms with van der Waals surface area (Å²) in [5.41, 5.74) is 9.39. The fraction of sp³-hybridized carbons (Fsp3) is 0.533. The van der Waals surface area contributed by atoms with E-state index in [1.54, 1.807) is 0 Å². The van der Waals surface area contributed by atoms with E-state index in [9.17, 15) is 0 Å². The van der Waals surface area contributed by atoms with Gasteiger partial charge in [0.05, 0.1) is 0 Å². The number of hydrogen-bond donors (Lipinski definition) is 2. The Hall–Kier alpha value is -1.51. The van der Waals surface area contributed by atoms with Crippen LogP contribution in [0.5, 0.6) is 0 Å². The van der Waals surface area contributed by atoms with E-state index in [2.05, 4.69) is 50.1 Å². The number of rotatable bonds is 5. The molecule has 0 saturated heterocycles. The molecule has 0 aliphatic carbocycles. The molecular weight excluding hydrogens is 222 g/mol. The number of nitrogens with zero attached hydrogens (tertiary/aromatic N) is 1. The average molecular weight is 247 g/mol. The van der Waals surface area contributed by atoms with E-state index in [-0.39, 0.29) is 0 Å². The quantitative estimate of drug-likeness (QED) is 0.475. The molecule has 0 heterocycles. The van der Waals surface area contributed by atoms with E-state index in [4.69, 9.17) is 5.73 Å². The number of hydrogen-bond acceptors (Lipinski definition) is 1. The van der Waals surface area contributed by atoms with Gasteiger partial charge in [0.15, 0.2) is 5.96 Å². The Balaban J connectivity index is 2.45. The van der Waals surface area contributed by atoms with Crippen LogP contribution in [-0.4, -0.2) is 12.5 Å². The maximum Gasteiger partial charge on any atom is 0.193 e. The van der Waals surface area contributed by atoms with Gasteiger partial charge in [-0.25, -0.2) is 0 Å². The van der Waals surface area contributed by atoms with Crippen LogP contribution in [0, 0.1) is 19.8 Å². The third kappa shape index (κ3) is 5.21. The summed E-state index contributed by atoms with van der Waals surface area (Å²) in [6.45, 7) is 9.43. The fourth-order valence-electron chi connectivity index (χ4n) is 1.71. The molecule has 0 saturated carbocycles. The van der Waals surface area contributed by atoms with Crippen LogP contribution in [-0.2, 0) is 0 Å². The zero-order chi connectivity index (χ0) is 13.5. The first-order chi connectivity index (χ1) is 8.49. The highest BCUT2D eigenvalue weighted by Gasteiger charge is 1.98. The van der Waals surface area contributed by atoms with E-state index in [1.807, 2.05) is 6.07 Å². The van der Waals surface area contributed by atoms with Crippen molar-refractivity contribution in [2.75, 3.05) is 11.9 Å². The second kappa shape index (κ2) is 7.04. The second-order valence-electron chi connectivity index (χ2n) is 5.23. The zero-order valence-corrected chi connectivity index (χ0v) is 12.0. The number of aryl methyl sites for hydroxylation is 2. The van der Waals surface area contributed by atoms with Gasteiger partial charge in [0.25, 0.3) is 0 Å². The number of nitrogens with one attached hydrogen (secondary N) is 1. The molecular formula is C15H25N3. The highest BCUT2D eigenvalue weighted by Crippen LogP contribution is 2.13. The van der Waals surface area contributed by atoms with E-state index in [0.29, 0.717) is 5.96 Å². The van der Waals surface area contributed by atoms with Gasteiger partial charge in [-0.15, -0.1) is 0 Å². The van der Waals surface area contributed by atoms with Gasteiger partial charge in [0.1, 0.15) is 0 Å². The number of anilines is 1. The first kappa shape index (κ1) is 14.6.